The third kappa shape index (κ3) is 6.20. The maximum Gasteiger partial charge on any atom is 0.238 e. The number of carbonyl (C=O) groups excluding carboxylic acids is 1. The molecule has 1 saturated heterocycles. The molecule has 1 fully saturated rings. The third-order valence-electron chi connectivity index (χ3n) is 8.43. The molecule has 0 unspecified atom stereocenters. The number of hydrogen-bond acceptors (Lipinski definition) is 7. The van der Waals surface area contributed by atoms with E-state index >= 15 is 0 Å². The third-order valence-corrected chi connectivity index (χ3v) is 8.43. The normalized spacial score (nSPS) is 14.9. The summed E-state index contributed by atoms with van der Waals surface area (Å²) in [4.78, 5) is 28.0. The van der Waals surface area contributed by atoms with Gasteiger partial charge in [-0.05, 0) is 55.2 Å². The Balaban J connectivity index is 0.989. The molecule has 232 valence electrons. The van der Waals surface area contributed by atoms with Crippen LogP contribution in [0.4, 0.5) is 17.5 Å². The van der Waals surface area contributed by atoms with Gasteiger partial charge < -0.3 is 20.4 Å². The molecular formula is C36H36N8O2. The molecule has 0 saturated carbocycles. The van der Waals surface area contributed by atoms with E-state index in [4.69, 9.17) is 9.72 Å². The predicted octanol–water partition coefficient (Wildman–Crippen LogP) is 6.48. The highest BCUT2D eigenvalue weighted by Crippen LogP contribution is 2.33. The molecule has 1 amide bonds. The lowest BCUT2D eigenvalue weighted by atomic mass is 10.1. The van der Waals surface area contributed by atoms with Crippen molar-refractivity contribution in [3.05, 3.63) is 103 Å². The first-order valence-electron chi connectivity index (χ1n) is 15.5. The number of aromatic amines is 1. The molecule has 0 aliphatic carbocycles. The largest absolute Gasteiger partial charge is 0.489 e. The first-order valence-corrected chi connectivity index (χ1v) is 15.5. The fraction of sp³-hybridized carbons (Fsp3) is 0.222. The smallest absolute Gasteiger partial charge is 0.238 e. The molecule has 3 aromatic heterocycles. The van der Waals surface area contributed by atoms with E-state index in [1.54, 1.807) is 10.9 Å². The van der Waals surface area contributed by atoms with E-state index in [1.807, 2.05) is 81.7 Å². The molecule has 3 aromatic carbocycles. The van der Waals surface area contributed by atoms with Gasteiger partial charge in [0.05, 0.1) is 23.4 Å². The van der Waals surface area contributed by atoms with Gasteiger partial charge in [-0.25, -0.2) is 9.97 Å². The average Bonchev–Trinajstić information content (AvgIpc) is 3.77. The predicted molar refractivity (Wildman–Crippen MR) is 181 cm³/mol. The van der Waals surface area contributed by atoms with E-state index in [1.165, 1.54) is 5.56 Å². The van der Waals surface area contributed by atoms with E-state index in [9.17, 15) is 4.79 Å². The van der Waals surface area contributed by atoms with Crippen LogP contribution in [0.15, 0.2) is 91.3 Å². The van der Waals surface area contributed by atoms with Gasteiger partial charge in [0.2, 0.25) is 11.9 Å². The van der Waals surface area contributed by atoms with Crippen LogP contribution in [-0.2, 0) is 11.8 Å². The minimum absolute atomic E-state index is 0.0435. The van der Waals surface area contributed by atoms with Crippen molar-refractivity contribution in [1.29, 1.82) is 0 Å². The summed E-state index contributed by atoms with van der Waals surface area (Å²) in [5, 5.41) is 11.7. The van der Waals surface area contributed by atoms with Crippen molar-refractivity contribution in [2.24, 2.45) is 7.05 Å². The Hall–Kier alpha value is -5.48. The molecule has 10 heteroatoms. The summed E-state index contributed by atoms with van der Waals surface area (Å²) in [5.74, 6) is 1.94. The first-order chi connectivity index (χ1) is 22.4. The Morgan fingerprint density at radius 3 is 2.61 bits per heavy atom. The van der Waals surface area contributed by atoms with Crippen molar-refractivity contribution in [1.82, 2.24) is 29.6 Å². The number of benzene rings is 3. The fourth-order valence-electron chi connectivity index (χ4n) is 5.94. The number of hydrogen-bond donors (Lipinski definition) is 3. The standard InChI is InChI=1S/C36H36N8O2/c1-23-19-38-36(40-32-18-24(2)43(3)42-32)41-34(23)30-20-37-35-29(30)10-7-11-31(35)39-33(45)22-44-17-16-28(21-44)46-27-14-12-26(13-15-27)25-8-5-4-6-9-25/h4-15,18-20,28,37H,16-17,21-22H2,1-3H3,(H,39,45)(H,38,40,41,42)/t28-/m0/s1. The number of para-hydroxylation sites is 1. The number of anilines is 3. The van der Waals surface area contributed by atoms with Crippen LogP contribution < -0.4 is 15.4 Å². The van der Waals surface area contributed by atoms with E-state index in [2.05, 4.69) is 54.9 Å². The molecule has 1 atom stereocenters. The molecule has 4 heterocycles. The summed E-state index contributed by atoms with van der Waals surface area (Å²) < 4.78 is 8.06. The van der Waals surface area contributed by atoms with Crippen molar-refractivity contribution < 1.29 is 9.53 Å². The second-order valence-corrected chi connectivity index (χ2v) is 11.8. The highest BCUT2D eigenvalue weighted by Gasteiger charge is 2.26. The fourth-order valence-corrected chi connectivity index (χ4v) is 5.94. The maximum absolute atomic E-state index is 13.2. The number of ether oxygens (including phenoxy) is 1. The van der Waals surface area contributed by atoms with E-state index in [0.717, 1.165) is 63.4 Å². The molecular weight excluding hydrogens is 576 g/mol. The molecule has 3 N–H and O–H groups in total. The van der Waals surface area contributed by atoms with E-state index < -0.39 is 0 Å². The van der Waals surface area contributed by atoms with Gasteiger partial charge in [0.15, 0.2) is 5.82 Å². The van der Waals surface area contributed by atoms with Gasteiger partial charge in [-0.1, -0.05) is 54.6 Å². The molecule has 6 aromatic rings. The summed E-state index contributed by atoms with van der Waals surface area (Å²) in [6, 6.07) is 26.4. The van der Waals surface area contributed by atoms with E-state index in [0.29, 0.717) is 24.9 Å². The Kier molecular flexibility index (Phi) is 7.94. The van der Waals surface area contributed by atoms with Crippen LogP contribution >= 0.6 is 0 Å². The lowest BCUT2D eigenvalue weighted by Crippen LogP contribution is -2.33. The number of nitrogens with zero attached hydrogens (tertiary/aromatic N) is 5. The summed E-state index contributed by atoms with van der Waals surface area (Å²) >= 11 is 0. The Labute approximate surface area is 267 Å². The number of H-pyrrole nitrogens is 1. The van der Waals surface area contributed by atoms with Crippen molar-refractivity contribution in [3.63, 3.8) is 0 Å². The average molecular weight is 613 g/mol. The lowest BCUT2D eigenvalue weighted by Gasteiger charge is -2.17. The number of carbonyl (C=O) groups is 1. The van der Waals surface area contributed by atoms with E-state index in [-0.39, 0.29) is 12.0 Å². The monoisotopic (exact) mass is 612 g/mol. The molecule has 10 nitrogen and oxygen atoms in total. The van der Waals surface area contributed by atoms with Crippen LogP contribution in [0.2, 0.25) is 0 Å². The second-order valence-electron chi connectivity index (χ2n) is 11.8. The number of rotatable bonds is 9. The van der Waals surface area contributed by atoms with Crippen LogP contribution in [0.3, 0.4) is 0 Å². The molecule has 1 aliphatic heterocycles. The van der Waals surface area contributed by atoms with Crippen LogP contribution in [0.25, 0.3) is 33.3 Å². The zero-order chi connectivity index (χ0) is 31.6. The highest BCUT2D eigenvalue weighted by atomic mass is 16.5. The Morgan fingerprint density at radius 2 is 1.83 bits per heavy atom. The van der Waals surface area contributed by atoms with Crippen LogP contribution in [-0.4, -0.2) is 61.3 Å². The van der Waals surface area contributed by atoms with Gasteiger partial charge in [0, 0.05) is 55.2 Å². The van der Waals surface area contributed by atoms with Crippen LogP contribution in [0.1, 0.15) is 17.7 Å². The summed E-state index contributed by atoms with van der Waals surface area (Å²) in [7, 11) is 1.90. The molecule has 0 bridgehead atoms. The first kappa shape index (κ1) is 29.2. The number of likely N-dealkylation sites (tertiary alicyclic amines) is 1. The number of aromatic nitrogens is 5. The zero-order valence-corrected chi connectivity index (χ0v) is 26.1. The van der Waals surface area contributed by atoms with Crippen LogP contribution in [0, 0.1) is 13.8 Å². The lowest BCUT2D eigenvalue weighted by molar-refractivity contribution is -0.117. The molecule has 46 heavy (non-hydrogen) atoms. The Morgan fingerprint density at radius 1 is 1.02 bits per heavy atom. The summed E-state index contributed by atoms with van der Waals surface area (Å²) in [6.45, 7) is 5.78. The van der Waals surface area contributed by atoms with Crippen LogP contribution in [0.5, 0.6) is 5.75 Å². The van der Waals surface area contributed by atoms with Crippen molar-refractivity contribution >= 4 is 34.3 Å². The molecule has 1 aliphatic rings. The minimum Gasteiger partial charge on any atom is -0.489 e. The van der Waals surface area contributed by atoms with Crippen molar-refractivity contribution in [2.75, 3.05) is 30.3 Å². The summed E-state index contributed by atoms with van der Waals surface area (Å²) in [5.41, 5.74) is 7.63. The molecule has 0 radical (unpaired) electrons. The number of fused-ring (bicyclic) bond motifs is 1. The summed E-state index contributed by atoms with van der Waals surface area (Å²) in [6.07, 6.45) is 4.65. The Bertz CT molecular complexity index is 1980. The topological polar surface area (TPSA) is 113 Å². The van der Waals surface area contributed by atoms with Crippen molar-refractivity contribution in [2.45, 2.75) is 26.4 Å². The zero-order valence-electron chi connectivity index (χ0n) is 26.1. The quantitative estimate of drug-likeness (QED) is 0.171. The second kappa shape index (κ2) is 12.5. The maximum atomic E-state index is 13.2. The number of aryl methyl sites for hydroxylation is 3. The SMILES string of the molecule is Cc1cnc(Nc2cc(C)n(C)n2)nc1-c1c[nH]c2c(NC(=O)CN3CC[C@H](Oc4ccc(-c5ccccc5)cc4)C3)cccc12. The molecule has 0 spiro atoms. The molecule has 7 rings (SSSR count). The van der Waals surface area contributed by atoms with Gasteiger partial charge >= 0.3 is 0 Å². The minimum atomic E-state index is -0.0631. The van der Waals surface area contributed by atoms with Gasteiger partial charge in [-0.2, -0.15) is 5.10 Å². The number of amides is 1. The van der Waals surface area contributed by atoms with Gasteiger partial charge in [0.25, 0.3) is 0 Å². The van der Waals surface area contributed by atoms with Gasteiger partial charge in [-0.3, -0.25) is 14.4 Å². The number of nitrogens with one attached hydrogen (secondary N) is 3. The van der Waals surface area contributed by atoms with Gasteiger partial charge in [0.1, 0.15) is 11.9 Å². The van der Waals surface area contributed by atoms with Crippen molar-refractivity contribution in [3.8, 4) is 28.1 Å². The highest BCUT2D eigenvalue weighted by molar-refractivity contribution is 6.06. The van der Waals surface area contributed by atoms with Gasteiger partial charge in [-0.15, -0.1) is 0 Å².